The highest BCUT2D eigenvalue weighted by Crippen LogP contribution is 2.38. The van der Waals surface area contributed by atoms with Gasteiger partial charge in [0, 0.05) is 33.6 Å². The van der Waals surface area contributed by atoms with Crippen molar-refractivity contribution in [2.75, 3.05) is 0 Å². The number of allylic oxidation sites excluding steroid dienone is 1. The van der Waals surface area contributed by atoms with Crippen LogP contribution in [0.3, 0.4) is 0 Å². The zero-order chi connectivity index (χ0) is 23.3. The van der Waals surface area contributed by atoms with Gasteiger partial charge in [0.05, 0.1) is 12.5 Å². The molecule has 2 N–H and O–H groups in total. The van der Waals surface area contributed by atoms with Gasteiger partial charge in [0.15, 0.2) is 0 Å². The average Bonchev–Trinajstić information content (AvgIpc) is 2.71. The Hall–Kier alpha value is -2.90. The molecule has 0 aliphatic heterocycles. The summed E-state index contributed by atoms with van der Waals surface area (Å²) in [6, 6.07) is 9.08. The third kappa shape index (κ3) is 6.31. The maximum Gasteiger partial charge on any atom is 0.399 e. The normalized spacial score (nSPS) is 13.5. The number of nitrogens with zero attached hydrogens (tertiary/aromatic N) is 3. The molecule has 1 unspecified atom stereocenters. The van der Waals surface area contributed by atoms with Gasteiger partial charge in [-0.25, -0.2) is 9.97 Å². The van der Waals surface area contributed by atoms with E-state index < -0.39 is 12.1 Å². The van der Waals surface area contributed by atoms with Gasteiger partial charge in [-0.05, 0) is 41.8 Å². The van der Waals surface area contributed by atoms with E-state index in [2.05, 4.69) is 15.0 Å². The van der Waals surface area contributed by atoms with Gasteiger partial charge in [-0.1, -0.05) is 53.6 Å². The first-order chi connectivity index (χ1) is 15.1. The van der Waals surface area contributed by atoms with Crippen LogP contribution >= 0.6 is 23.2 Å². The van der Waals surface area contributed by atoms with Crippen LogP contribution in [0.2, 0.25) is 10.0 Å². The second kappa shape index (κ2) is 10.1. The number of hydrogen-bond donors (Lipinski definition) is 1. The molecule has 2 aromatic carbocycles. The summed E-state index contributed by atoms with van der Waals surface area (Å²) in [5, 5.41) is 0.291. The van der Waals surface area contributed by atoms with Crippen LogP contribution in [0.25, 0.3) is 6.08 Å². The highest BCUT2D eigenvalue weighted by molar-refractivity contribution is 6.34. The number of aromatic nitrogens is 2. The number of aryl methyl sites for hydroxylation is 1. The van der Waals surface area contributed by atoms with E-state index in [0.29, 0.717) is 23.5 Å². The summed E-state index contributed by atoms with van der Waals surface area (Å²) < 4.78 is 41.0. The van der Waals surface area contributed by atoms with E-state index in [4.69, 9.17) is 28.9 Å². The van der Waals surface area contributed by atoms with Crippen molar-refractivity contribution >= 4 is 35.1 Å². The Kier molecular flexibility index (Phi) is 7.53. The maximum atomic E-state index is 13.7. The molecule has 0 saturated carbocycles. The van der Waals surface area contributed by atoms with E-state index in [9.17, 15) is 13.2 Å². The van der Waals surface area contributed by atoms with Crippen LogP contribution in [0, 0.1) is 6.92 Å². The van der Waals surface area contributed by atoms with Crippen LogP contribution in [0.1, 0.15) is 33.7 Å². The predicted molar refractivity (Wildman–Crippen MR) is 122 cm³/mol. The zero-order valence-corrected chi connectivity index (χ0v) is 18.5. The monoisotopic (exact) mass is 478 g/mol. The van der Waals surface area contributed by atoms with E-state index in [-0.39, 0.29) is 15.6 Å². The van der Waals surface area contributed by atoms with Crippen molar-refractivity contribution in [2.45, 2.75) is 25.6 Å². The van der Waals surface area contributed by atoms with Crippen molar-refractivity contribution in [2.24, 2.45) is 10.7 Å². The molecule has 0 amide bonds. The number of amidine groups is 1. The molecule has 3 aromatic rings. The quantitative estimate of drug-likeness (QED) is 0.331. The molecule has 0 radical (unpaired) electrons. The van der Waals surface area contributed by atoms with Crippen LogP contribution in [-0.4, -0.2) is 22.0 Å². The maximum absolute atomic E-state index is 13.7. The summed E-state index contributed by atoms with van der Waals surface area (Å²) in [6.07, 6.45) is 2.72. The van der Waals surface area contributed by atoms with Crippen molar-refractivity contribution in [3.63, 3.8) is 0 Å². The Morgan fingerprint density at radius 3 is 2.34 bits per heavy atom. The van der Waals surface area contributed by atoms with Crippen LogP contribution in [0.15, 0.2) is 66.2 Å². The lowest BCUT2D eigenvalue weighted by Gasteiger charge is -2.18. The molecule has 0 bridgehead atoms. The zero-order valence-electron chi connectivity index (χ0n) is 16.9. The molecular weight excluding hydrogens is 460 g/mol. The number of rotatable bonds is 6. The molecule has 32 heavy (non-hydrogen) atoms. The summed E-state index contributed by atoms with van der Waals surface area (Å²) in [7, 11) is 0. The van der Waals surface area contributed by atoms with Crippen molar-refractivity contribution in [3.05, 3.63) is 99.1 Å². The van der Waals surface area contributed by atoms with Gasteiger partial charge in [0.2, 0.25) is 0 Å². The van der Waals surface area contributed by atoms with E-state index in [1.54, 1.807) is 30.6 Å². The number of alkyl halides is 3. The molecule has 0 spiro atoms. The smallest absolute Gasteiger partial charge is 0.383 e. The van der Waals surface area contributed by atoms with Gasteiger partial charge in [-0.3, -0.25) is 4.99 Å². The predicted octanol–water partition coefficient (Wildman–Crippen LogP) is 6.36. The van der Waals surface area contributed by atoms with Crippen molar-refractivity contribution in [3.8, 4) is 0 Å². The Morgan fingerprint density at radius 2 is 1.75 bits per heavy atom. The number of benzene rings is 2. The highest BCUT2D eigenvalue weighted by Gasteiger charge is 2.39. The SMILES string of the molecule is Cc1cc(C=CC(c2cc(Cl)cc(Cl)c2)C(F)(F)F)ccc1C(N)=NCc1cncnc1. The van der Waals surface area contributed by atoms with Gasteiger partial charge in [0.25, 0.3) is 0 Å². The average molecular weight is 479 g/mol. The first-order valence-electron chi connectivity index (χ1n) is 9.49. The van der Waals surface area contributed by atoms with E-state index in [1.807, 2.05) is 6.92 Å². The molecule has 4 nitrogen and oxygen atoms in total. The summed E-state index contributed by atoms with van der Waals surface area (Å²) in [5.41, 5.74) is 8.96. The van der Waals surface area contributed by atoms with Crippen molar-refractivity contribution in [1.29, 1.82) is 0 Å². The third-order valence-electron chi connectivity index (χ3n) is 4.65. The lowest BCUT2D eigenvalue weighted by Crippen LogP contribution is -2.19. The molecule has 0 saturated heterocycles. The van der Waals surface area contributed by atoms with Gasteiger partial charge in [-0.15, -0.1) is 0 Å². The molecule has 1 heterocycles. The second-order valence-electron chi connectivity index (χ2n) is 7.10. The van der Waals surface area contributed by atoms with Gasteiger partial charge in [0.1, 0.15) is 12.2 Å². The molecule has 9 heteroatoms. The molecule has 1 aromatic heterocycles. The Labute approximate surface area is 193 Å². The van der Waals surface area contributed by atoms with Gasteiger partial charge < -0.3 is 5.73 Å². The summed E-state index contributed by atoms with van der Waals surface area (Å²) in [5.74, 6) is -1.53. The first kappa shape index (κ1) is 23.8. The van der Waals surface area contributed by atoms with Crippen LogP contribution in [-0.2, 0) is 6.54 Å². The van der Waals surface area contributed by atoms with Crippen LogP contribution in [0.4, 0.5) is 13.2 Å². The van der Waals surface area contributed by atoms with E-state index in [1.165, 1.54) is 30.6 Å². The van der Waals surface area contributed by atoms with Crippen LogP contribution in [0.5, 0.6) is 0 Å². The molecule has 0 aliphatic rings. The van der Waals surface area contributed by atoms with Gasteiger partial charge in [-0.2, -0.15) is 13.2 Å². The third-order valence-corrected chi connectivity index (χ3v) is 5.09. The van der Waals surface area contributed by atoms with E-state index in [0.717, 1.165) is 17.2 Å². The fourth-order valence-corrected chi connectivity index (χ4v) is 3.67. The molecule has 0 aliphatic carbocycles. The molecule has 166 valence electrons. The fourth-order valence-electron chi connectivity index (χ4n) is 3.12. The van der Waals surface area contributed by atoms with E-state index >= 15 is 0 Å². The largest absolute Gasteiger partial charge is 0.399 e. The number of halogens is 5. The summed E-state index contributed by atoms with van der Waals surface area (Å²) in [4.78, 5) is 12.2. The Balaban J connectivity index is 1.82. The van der Waals surface area contributed by atoms with Gasteiger partial charge >= 0.3 is 6.18 Å². The molecule has 1 atom stereocenters. The standard InChI is InChI=1S/C23H19Cl2F3N4/c1-14-6-15(2-4-20(14)22(29)32-12-16-10-30-13-31-11-16)3-5-21(23(26,27)28)17-7-18(24)9-19(25)8-17/h2-11,13,21H,12H2,1H3,(H2,29,32). The van der Waals surface area contributed by atoms with Crippen molar-refractivity contribution < 1.29 is 13.2 Å². The van der Waals surface area contributed by atoms with Crippen LogP contribution < -0.4 is 5.73 Å². The molecule has 3 rings (SSSR count). The summed E-state index contributed by atoms with van der Waals surface area (Å²) >= 11 is 11.8. The van der Waals surface area contributed by atoms with Crippen molar-refractivity contribution in [1.82, 2.24) is 9.97 Å². The number of nitrogens with two attached hydrogens (primary N) is 1. The molecule has 0 fully saturated rings. The highest BCUT2D eigenvalue weighted by atomic mass is 35.5. The Bertz CT molecular complexity index is 1130. The topological polar surface area (TPSA) is 64.2 Å². The number of hydrogen-bond acceptors (Lipinski definition) is 3. The summed E-state index contributed by atoms with van der Waals surface area (Å²) in [6.45, 7) is 2.14. The lowest BCUT2D eigenvalue weighted by atomic mass is 9.96. The minimum absolute atomic E-state index is 0.0270. The first-order valence-corrected chi connectivity index (χ1v) is 10.2. The molecular formula is C23H19Cl2F3N4. The lowest BCUT2D eigenvalue weighted by molar-refractivity contribution is -0.139. The fraction of sp³-hybridized carbons (Fsp3) is 0.174. The minimum Gasteiger partial charge on any atom is -0.383 e. The minimum atomic E-state index is -4.50. The number of aliphatic imine (C=N–C) groups is 1. The Morgan fingerprint density at radius 1 is 1.09 bits per heavy atom. The second-order valence-corrected chi connectivity index (χ2v) is 7.98.